The van der Waals surface area contributed by atoms with Crippen molar-refractivity contribution in [1.82, 2.24) is 0 Å². The smallest absolute Gasteiger partial charge is 0.175 e. The number of ether oxygens (including phenoxy) is 2. The van der Waals surface area contributed by atoms with Crippen LogP contribution in [0.1, 0.15) is 12.5 Å². The van der Waals surface area contributed by atoms with Crippen LogP contribution in [-0.4, -0.2) is 19.4 Å². The van der Waals surface area contributed by atoms with E-state index in [1.807, 2.05) is 43.3 Å². The normalized spacial score (nSPS) is 10.6. The largest absolute Gasteiger partial charge is 0.490 e. The molecule has 24 heavy (non-hydrogen) atoms. The standard InChI is InChI=1S/C18H18Br2N2O2/c1-3-9-24-18-16(20)10-13(11-17(18)23-4-2)12-21-22-15-7-5-14(19)6-8-15/h3,5-8,10-12,22H,1,4,9H2,2H3/b21-12-. The van der Waals surface area contributed by atoms with Crippen LogP contribution in [0, 0.1) is 0 Å². The molecule has 0 fully saturated rings. The molecule has 0 aliphatic rings. The van der Waals surface area contributed by atoms with E-state index in [0.29, 0.717) is 24.7 Å². The zero-order chi connectivity index (χ0) is 17.4. The molecule has 0 aliphatic heterocycles. The van der Waals surface area contributed by atoms with Crippen LogP contribution < -0.4 is 14.9 Å². The van der Waals surface area contributed by atoms with Crippen LogP contribution in [0.3, 0.4) is 0 Å². The topological polar surface area (TPSA) is 42.8 Å². The summed E-state index contributed by atoms with van der Waals surface area (Å²) in [6.07, 6.45) is 3.42. The van der Waals surface area contributed by atoms with E-state index in [0.717, 1.165) is 20.2 Å². The number of rotatable bonds is 8. The second-order valence-electron chi connectivity index (χ2n) is 4.74. The van der Waals surface area contributed by atoms with Gasteiger partial charge in [0.1, 0.15) is 6.61 Å². The first-order valence-corrected chi connectivity index (χ1v) is 8.97. The van der Waals surface area contributed by atoms with Gasteiger partial charge in [0.05, 0.1) is 23.0 Å². The molecule has 0 spiro atoms. The van der Waals surface area contributed by atoms with Gasteiger partial charge in [-0.3, -0.25) is 5.43 Å². The SMILES string of the molecule is C=CCOc1c(Br)cc(/C=N\Nc2ccc(Br)cc2)cc1OCC. The number of hydrazone groups is 1. The first-order chi connectivity index (χ1) is 11.6. The molecule has 1 N–H and O–H groups in total. The molecular formula is C18H18Br2N2O2. The van der Waals surface area contributed by atoms with Crippen molar-refractivity contribution in [3.63, 3.8) is 0 Å². The molecule has 2 rings (SSSR count). The van der Waals surface area contributed by atoms with Crippen LogP contribution in [0.5, 0.6) is 11.5 Å². The van der Waals surface area contributed by atoms with Crippen LogP contribution in [0.4, 0.5) is 5.69 Å². The lowest BCUT2D eigenvalue weighted by molar-refractivity contribution is 0.295. The van der Waals surface area contributed by atoms with Crippen molar-refractivity contribution in [2.45, 2.75) is 6.92 Å². The van der Waals surface area contributed by atoms with Gasteiger partial charge in [-0.1, -0.05) is 28.6 Å². The van der Waals surface area contributed by atoms with Gasteiger partial charge in [0.25, 0.3) is 0 Å². The highest BCUT2D eigenvalue weighted by Crippen LogP contribution is 2.36. The summed E-state index contributed by atoms with van der Waals surface area (Å²) in [5, 5.41) is 4.25. The number of hydrogen-bond donors (Lipinski definition) is 1. The van der Waals surface area contributed by atoms with Gasteiger partial charge in [-0.05, 0) is 64.8 Å². The molecule has 0 radical (unpaired) electrons. The molecule has 0 bridgehead atoms. The Hall–Kier alpha value is -1.79. The third kappa shape index (κ3) is 5.39. The predicted octanol–water partition coefficient (Wildman–Crippen LogP) is 5.62. The molecule has 0 heterocycles. The third-order valence-corrected chi connectivity index (χ3v) is 4.05. The summed E-state index contributed by atoms with van der Waals surface area (Å²) in [5.41, 5.74) is 4.78. The van der Waals surface area contributed by atoms with Crippen molar-refractivity contribution < 1.29 is 9.47 Å². The minimum Gasteiger partial charge on any atom is -0.490 e. The zero-order valence-corrected chi connectivity index (χ0v) is 16.4. The summed E-state index contributed by atoms with van der Waals surface area (Å²) in [6, 6.07) is 11.6. The second-order valence-corrected chi connectivity index (χ2v) is 6.51. The molecule has 0 aromatic heterocycles. The van der Waals surface area contributed by atoms with Crippen LogP contribution in [-0.2, 0) is 0 Å². The average molecular weight is 454 g/mol. The van der Waals surface area contributed by atoms with E-state index in [2.05, 4.69) is 49.0 Å². The number of benzene rings is 2. The molecule has 4 nitrogen and oxygen atoms in total. The Balaban J connectivity index is 2.15. The molecule has 0 unspecified atom stereocenters. The molecule has 2 aromatic rings. The van der Waals surface area contributed by atoms with Crippen LogP contribution in [0.2, 0.25) is 0 Å². The van der Waals surface area contributed by atoms with Crippen molar-refractivity contribution in [3.8, 4) is 11.5 Å². The number of hydrogen-bond acceptors (Lipinski definition) is 4. The molecule has 0 saturated heterocycles. The predicted molar refractivity (Wildman–Crippen MR) is 106 cm³/mol. The van der Waals surface area contributed by atoms with Crippen LogP contribution in [0.15, 0.2) is 63.1 Å². The quantitative estimate of drug-likeness (QED) is 0.320. The summed E-state index contributed by atoms with van der Waals surface area (Å²) in [6.45, 7) is 6.56. The summed E-state index contributed by atoms with van der Waals surface area (Å²) in [4.78, 5) is 0. The van der Waals surface area contributed by atoms with Gasteiger partial charge in [0, 0.05) is 4.47 Å². The van der Waals surface area contributed by atoms with Gasteiger partial charge < -0.3 is 9.47 Å². The monoisotopic (exact) mass is 452 g/mol. The minimum absolute atomic E-state index is 0.414. The fraction of sp³-hybridized carbons (Fsp3) is 0.167. The van der Waals surface area contributed by atoms with Crippen LogP contribution in [0.25, 0.3) is 0 Å². The number of halogens is 2. The van der Waals surface area contributed by atoms with E-state index in [1.165, 1.54) is 0 Å². The van der Waals surface area contributed by atoms with E-state index in [-0.39, 0.29) is 0 Å². The minimum atomic E-state index is 0.414. The maximum absolute atomic E-state index is 5.66. The highest BCUT2D eigenvalue weighted by molar-refractivity contribution is 9.10. The first-order valence-electron chi connectivity index (χ1n) is 7.38. The highest BCUT2D eigenvalue weighted by atomic mass is 79.9. The number of anilines is 1. The Bertz CT molecular complexity index is 716. The Labute approximate surface area is 158 Å². The van der Waals surface area contributed by atoms with Crippen molar-refractivity contribution in [2.24, 2.45) is 5.10 Å². The zero-order valence-electron chi connectivity index (χ0n) is 13.3. The molecule has 0 saturated carbocycles. The first kappa shape index (κ1) is 18.5. The maximum atomic E-state index is 5.66. The Morgan fingerprint density at radius 3 is 2.58 bits per heavy atom. The second kappa shape index (κ2) is 9.49. The number of nitrogens with zero attached hydrogens (tertiary/aromatic N) is 1. The fourth-order valence-corrected chi connectivity index (χ4v) is 2.75. The molecule has 0 aliphatic carbocycles. The lowest BCUT2D eigenvalue weighted by Crippen LogP contribution is -2.01. The highest BCUT2D eigenvalue weighted by Gasteiger charge is 2.11. The van der Waals surface area contributed by atoms with Gasteiger partial charge in [-0.2, -0.15) is 5.10 Å². The third-order valence-electron chi connectivity index (χ3n) is 2.93. The summed E-state index contributed by atoms with van der Waals surface area (Å²) in [7, 11) is 0. The number of nitrogens with one attached hydrogen (secondary N) is 1. The molecule has 126 valence electrons. The maximum Gasteiger partial charge on any atom is 0.175 e. The molecular weight excluding hydrogens is 436 g/mol. The summed E-state index contributed by atoms with van der Waals surface area (Å²) < 4.78 is 13.1. The van der Waals surface area contributed by atoms with Gasteiger partial charge in [0.2, 0.25) is 0 Å². The fourth-order valence-electron chi connectivity index (χ4n) is 1.91. The lowest BCUT2D eigenvalue weighted by atomic mass is 10.2. The van der Waals surface area contributed by atoms with E-state index < -0.39 is 0 Å². The van der Waals surface area contributed by atoms with Gasteiger partial charge >= 0.3 is 0 Å². The van der Waals surface area contributed by atoms with Crippen molar-refractivity contribution in [2.75, 3.05) is 18.6 Å². The van der Waals surface area contributed by atoms with E-state index >= 15 is 0 Å². The lowest BCUT2D eigenvalue weighted by Gasteiger charge is -2.13. The molecule has 2 aromatic carbocycles. The summed E-state index contributed by atoms with van der Waals surface area (Å²) >= 11 is 6.92. The Morgan fingerprint density at radius 2 is 1.92 bits per heavy atom. The van der Waals surface area contributed by atoms with Crippen LogP contribution >= 0.6 is 31.9 Å². The Kier molecular flexibility index (Phi) is 7.34. The van der Waals surface area contributed by atoms with Gasteiger partial charge in [-0.25, -0.2) is 0 Å². The van der Waals surface area contributed by atoms with Crippen molar-refractivity contribution in [3.05, 3.63) is 63.6 Å². The molecule has 0 atom stereocenters. The molecule has 0 amide bonds. The summed E-state index contributed by atoms with van der Waals surface area (Å²) in [5.74, 6) is 1.33. The Morgan fingerprint density at radius 1 is 1.17 bits per heavy atom. The van der Waals surface area contributed by atoms with E-state index in [4.69, 9.17) is 9.47 Å². The van der Waals surface area contributed by atoms with Crippen molar-refractivity contribution >= 4 is 43.8 Å². The van der Waals surface area contributed by atoms with E-state index in [9.17, 15) is 0 Å². The van der Waals surface area contributed by atoms with Gasteiger partial charge in [-0.15, -0.1) is 0 Å². The van der Waals surface area contributed by atoms with Crippen molar-refractivity contribution in [1.29, 1.82) is 0 Å². The van der Waals surface area contributed by atoms with Gasteiger partial charge in [0.15, 0.2) is 11.5 Å². The van der Waals surface area contributed by atoms with E-state index in [1.54, 1.807) is 12.3 Å². The average Bonchev–Trinajstić information content (AvgIpc) is 2.56. The molecule has 6 heteroatoms.